The molecule has 4 nitrogen and oxygen atoms in total. The van der Waals surface area contributed by atoms with Crippen molar-refractivity contribution in [2.45, 2.75) is 45.1 Å². The van der Waals surface area contributed by atoms with Crippen molar-refractivity contribution in [3.05, 3.63) is 75.8 Å². The molecule has 1 aromatic carbocycles. The van der Waals surface area contributed by atoms with E-state index in [0.29, 0.717) is 17.4 Å². The summed E-state index contributed by atoms with van der Waals surface area (Å²) in [5.41, 5.74) is 0.803. The van der Waals surface area contributed by atoms with Crippen LogP contribution in [0.15, 0.2) is 53.6 Å². The van der Waals surface area contributed by atoms with Crippen LogP contribution in [0.1, 0.15) is 29.7 Å². The Labute approximate surface area is 166 Å². The van der Waals surface area contributed by atoms with Crippen molar-refractivity contribution in [3.63, 3.8) is 0 Å². The van der Waals surface area contributed by atoms with Crippen LogP contribution in [0.5, 0.6) is 0 Å². The molecule has 1 saturated heterocycles. The first-order valence-corrected chi connectivity index (χ1v) is 9.67. The predicted molar refractivity (Wildman–Crippen MR) is 106 cm³/mol. The van der Waals surface area contributed by atoms with Gasteiger partial charge in [0.25, 0.3) is 0 Å². The lowest BCUT2D eigenvalue weighted by Crippen LogP contribution is -2.34. The molecule has 0 spiro atoms. The summed E-state index contributed by atoms with van der Waals surface area (Å²) in [6.07, 6.45) is 0.614. The van der Waals surface area contributed by atoms with E-state index in [4.69, 9.17) is 0 Å². The number of fused-ring (bicyclic) bond motifs is 1. The maximum Gasteiger partial charge on any atom is 0.431 e. The SMILES string of the molecule is Cc1ccc2c(c1)c(=O)cc(C(F)(F)F)n2C[C@H]1CCCN1Cc1ccncc1. The van der Waals surface area contributed by atoms with E-state index in [1.807, 2.05) is 19.1 Å². The zero-order valence-corrected chi connectivity index (χ0v) is 16.1. The van der Waals surface area contributed by atoms with Crippen LogP contribution in [-0.2, 0) is 19.3 Å². The number of benzene rings is 1. The fraction of sp³-hybridized carbons (Fsp3) is 0.364. The molecule has 3 aromatic rings. The number of hydrogen-bond acceptors (Lipinski definition) is 3. The lowest BCUT2D eigenvalue weighted by atomic mass is 10.1. The number of alkyl halides is 3. The Morgan fingerprint density at radius 1 is 1.14 bits per heavy atom. The summed E-state index contributed by atoms with van der Waals surface area (Å²) in [6, 6.07) is 9.60. The molecule has 29 heavy (non-hydrogen) atoms. The van der Waals surface area contributed by atoms with E-state index in [1.54, 1.807) is 30.6 Å². The molecule has 152 valence electrons. The highest BCUT2D eigenvalue weighted by atomic mass is 19.4. The second-order valence-corrected chi connectivity index (χ2v) is 7.64. The summed E-state index contributed by atoms with van der Waals surface area (Å²) in [5.74, 6) is 0. The van der Waals surface area contributed by atoms with Crippen molar-refractivity contribution in [2.75, 3.05) is 6.54 Å². The summed E-state index contributed by atoms with van der Waals surface area (Å²) in [7, 11) is 0. The minimum absolute atomic E-state index is 0.0312. The van der Waals surface area contributed by atoms with Gasteiger partial charge >= 0.3 is 6.18 Å². The number of aryl methyl sites for hydroxylation is 1. The standard InChI is InChI=1S/C22H22F3N3O/c1-15-4-5-19-18(11-15)20(29)12-21(22(23,24)25)28(19)14-17-3-2-10-27(17)13-16-6-8-26-9-7-16/h4-9,11-12,17H,2-3,10,13-14H2,1H3/t17-/m1/s1. The lowest BCUT2D eigenvalue weighted by Gasteiger charge is -2.28. The molecule has 0 N–H and O–H groups in total. The van der Waals surface area contributed by atoms with Crippen molar-refractivity contribution in [2.24, 2.45) is 0 Å². The first-order chi connectivity index (χ1) is 13.8. The molecule has 0 bridgehead atoms. The van der Waals surface area contributed by atoms with Crippen molar-refractivity contribution in [1.82, 2.24) is 14.5 Å². The van der Waals surface area contributed by atoms with E-state index in [1.165, 1.54) is 4.57 Å². The number of aromatic nitrogens is 2. The number of pyridine rings is 2. The Balaban J connectivity index is 1.74. The van der Waals surface area contributed by atoms with Gasteiger partial charge in [-0.3, -0.25) is 14.7 Å². The molecular weight excluding hydrogens is 379 g/mol. The summed E-state index contributed by atoms with van der Waals surface area (Å²) >= 11 is 0. The molecule has 4 rings (SSSR count). The highest BCUT2D eigenvalue weighted by Crippen LogP contribution is 2.32. The van der Waals surface area contributed by atoms with Crippen molar-refractivity contribution >= 4 is 10.9 Å². The smallest absolute Gasteiger partial charge is 0.335 e. The minimum atomic E-state index is -4.59. The molecule has 1 aliphatic rings. The molecule has 7 heteroatoms. The van der Waals surface area contributed by atoms with Crippen molar-refractivity contribution in [1.29, 1.82) is 0 Å². The average Bonchev–Trinajstić information content (AvgIpc) is 3.10. The molecule has 3 heterocycles. The number of rotatable bonds is 4. The van der Waals surface area contributed by atoms with Gasteiger partial charge in [-0.25, -0.2) is 0 Å². The number of halogens is 3. The maximum absolute atomic E-state index is 13.8. The first-order valence-electron chi connectivity index (χ1n) is 9.67. The van der Waals surface area contributed by atoms with E-state index < -0.39 is 17.3 Å². The van der Waals surface area contributed by atoms with E-state index in [9.17, 15) is 18.0 Å². The van der Waals surface area contributed by atoms with Crippen LogP contribution in [0.3, 0.4) is 0 Å². The first kappa shape index (κ1) is 19.6. The number of likely N-dealkylation sites (tertiary alicyclic amines) is 1. The predicted octanol–water partition coefficient (Wildman–Crippen LogP) is 4.39. The third-order valence-electron chi connectivity index (χ3n) is 5.58. The minimum Gasteiger partial charge on any atom is -0.335 e. The largest absolute Gasteiger partial charge is 0.431 e. The third-order valence-corrected chi connectivity index (χ3v) is 5.58. The maximum atomic E-state index is 13.8. The highest BCUT2D eigenvalue weighted by molar-refractivity contribution is 5.80. The van der Waals surface area contributed by atoms with E-state index >= 15 is 0 Å². The second kappa shape index (κ2) is 7.63. The zero-order valence-electron chi connectivity index (χ0n) is 16.1. The van der Waals surface area contributed by atoms with Crippen LogP contribution in [0, 0.1) is 6.92 Å². The van der Waals surface area contributed by atoms with Gasteiger partial charge in [0.2, 0.25) is 0 Å². The van der Waals surface area contributed by atoms with Crippen LogP contribution in [-0.4, -0.2) is 27.0 Å². The summed E-state index contributed by atoms with van der Waals surface area (Å²) < 4.78 is 42.6. The monoisotopic (exact) mass is 401 g/mol. The quantitative estimate of drug-likeness (QED) is 0.651. The Morgan fingerprint density at radius 3 is 2.62 bits per heavy atom. The zero-order chi connectivity index (χ0) is 20.6. The van der Waals surface area contributed by atoms with Crippen molar-refractivity contribution < 1.29 is 13.2 Å². The van der Waals surface area contributed by atoms with Gasteiger partial charge in [-0.1, -0.05) is 11.6 Å². The van der Waals surface area contributed by atoms with Gasteiger partial charge in [0.1, 0.15) is 5.69 Å². The number of nitrogens with zero attached hydrogens (tertiary/aromatic N) is 3. The molecule has 1 aliphatic heterocycles. The third kappa shape index (κ3) is 4.05. The Hall–Kier alpha value is -2.67. The van der Waals surface area contributed by atoms with Crippen molar-refractivity contribution in [3.8, 4) is 0 Å². The summed E-state index contributed by atoms with van der Waals surface area (Å²) in [6.45, 7) is 3.53. The average molecular weight is 401 g/mol. The normalized spacial score (nSPS) is 17.9. The van der Waals surface area contributed by atoms with Gasteiger partial charge in [-0.2, -0.15) is 13.2 Å². The number of hydrogen-bond donors (Lipinski definition) is 0. The molecule has 1 atom stereocenters. The van der Waals surface area contributed by atoms with Gasteiger partial charge < -0.3 is 4.57 Å². The fourth-order valence-electron chi connectivity index (χ4n) is 4.17. The Kier molecular flexibility index (Phi) is 5.17. The molecule has 1 fully saturated rings. The Morgan fingerprint density at radius 2 is 1.90 bits per heavy atom. The molecule has 0 radical (unpaired) electrons. The van der Waals surface area contributed by atoms with Crippen LogP contribution in [0.2, 0.25) is 0 Å². The molecule has 0 unspecified atom stereocenters. The lowest BCUT2D eigenvalue weighted by molar-refractivity contribution is -0.144. The summed E-state index contributed by atoms with van der Waals surface area (Å²) in [5, 5.41) is 0.330. The van der Waals surface area contributed by atoms with Crippen LogP contribution >= 0.6 is 0 Å². The second-order valence-electron chi connectivity index (χ2n) is 7.64. The molecule has 0 amide bonds. The van der Waals surface area contributed by atoms with Gasteiger partial charge in [0, 0.05) is 43.0 Å². The molecular formula is C22H22F3N3O. The fourth-order valence-corrected chi connectivity index (χ4v) is 4.17. The van der Waals surface area contributed by atoms with E-state index in [-0.39, 0.29) is 12.6 Å². The van der Waals surface area contributed by atoms with Gasteiger partial charge in [-0.05, 0) is 56.1 Å². The highest BCUT2D eigenvalue weighted by Gasteiger charge is 2.36. The van der Waals surface area contributed by atoms with E-state index in [0.717, 1.165) is 36.6 Å². The molecule has 0 saturated carbocycles. The van der Waals surface area contributed by atoms with Crippen LogP contribution in [0.25, 0.3) is 10.9 Å². The van der Waals surface area contributed by atoms with Gasteiger partial charge in [0.05, 0.1) is 5.52 Å². The summed E-state index contributed by atoms with van der Waals surface area (Å²) in [4.78, 5) is 18.6. The van der Waals surface area contributed by atoms with Gasteiger partial charge in [-0.15, -0.1) is 0 Å². The van der Waals surface area contributed by atoms with Crippen LogP contribution < -0.4 is 5.43 Å². The van der Waals surface area contributed by atoms with Gasteiger partial charge in [0.15, 0.2) is 5.43 Å². The van der Waals surface area contributed by atoms with Crippen LogP contribution in [0.4, 0.5) is 13.2 Å². The Bertz CT molecular complexity index is 1080. The molecule has 0 aliphatic carbocycles. The van der Waals surface area contributed by atoms with E-state index in [2.05, 4.69) is 9.88 Å². The topological polar surface area (TPSA) is 38.1 Å². The molecule has 2 aromatic heterocycles.